The SMILES string of the molecule is CC12CC3=C(C=C1CN(C(=O)c1ccccc1)[C@H](C(=O)N[C@@H](Cc1ccc(-c4ccc(C#N)cc4)cc1)C(=O)O)C2)OC(c1ccc(OCc2cccc(Cl)c2)cc1)C(=O)N3. The number of ether oxygens (including phenoxy) is 2. The zero-order valence-corrected chi connectivity index (χ0v) is 33.9. The number of carbonyl (C=O) groups excluding carboxylic acids is 3. The van der Waals surface area contributed by atoms with E-state index in [9.17, 15) is 24.3 Å². The molecular formula is C49H41ClN4O7. The van der Waals surface area contributed by atoms with Crippen LogP contribution < -0.4 is 15.4 Å². The highest BCUT2D eigenvalue weighted by Gasteiger charge is 2.49. The van der Waals surface area contributed by atoms with Crippen LogP contribution in [0.5, 0.6) is 5.75 Å². The van der Waals surface area contributed by atoms with E-state index in [1.165, 1.54) is 4.90 Å². The number of likely N-dealkylation sites (tertiary alicyclic amines) is 1. The molecule has 5 aromatic carbocycles. The molecule has 3 aliphatic rings. The van der Waals surface area contributed by atoms with Crippen molar-refractivity contribution in [3.05, 3.63) is 183 Å². The highest BCUT2D eigenvalue weighted by Crippen LogP contribution is 2.49. The van der Waals surface area contributed by atoms with Gasteiger partial charge in [-0.3, -0.25) is 14.4 Å². The van der Waals surface area contributed by atoms with Gasteiger partial charge in [-0.2, -0.15) is 5.26 Å². The number of piperidine rings is 1. The summed E-state index contributed by atoms with van der Waals surface area (Å²) < 4.78 is 12.3. The van der Waals surface area contributed by atoms with Gasteiger partial charge in [0, 0.05) is 35.5 Å². The molecule has 0 radical (unpaired) electrons. The van der Waals surface area contributed by atoms with Crippen LogP contribution >= 0.6 is 11.6 Å². The Hall–Kier alpha value is -7.16. The molecule has 8 rings (SSSR count). The molecule has 0 spiro atoms. The molecule has 1 saturated heterocycles. The van der Waals surface area contributed by atoms with E-state index in [4.69, 9.17) is 26.3 Å². The van der Waals surface area contributed by atoms with Crippen molar-refractivity contribution in [3.63, 3.8) is 0 Å². The molecular weight excluding hydrogens is 792 g/mol. The Bertz CT molecular complexity index is 2600. The Labute approximate surface area is 357 Å². The van der Waals surface area contributed by atoms with Crippen LogP contribution in [0.2, 0.25) is 5.02 Å². The Morgan fingerprint density at radius 2 is 1.66 bits per heavy atom. The minimum Gasteiger partial charge on any atom is -0.489 e. The number of carboxylic acid groups (broad SMARTS) is 1. The summed E-state index contributed by atoms with van der Waals surface area (Å²) in [6, 6.07) is 37.5. The van der Waals surface area contributed by atoms with Crippen LogP contribution in [0.4, 0.5) is 0 Å². The van der Waals surface area contributed by atoms with Gasteiger partial charge in [-0.1, -0.05) is 97.4 Å². The normalized spacial score (nSPS) is 19.8. The van der Waals surface area contributed by atoms with Crippen LogP contribution in [0.15, 0.2) is 150 Å². The van der Waals surface area contributed by atoms with Gasteiger partial charge in [0.05, 0.1) is 17.3 Å². The molecule has 0 aromatic heterocycles. The summed E-state index contributed by atoms with van der Waals surface area (Å²) in [5, 5.41) is 25.8. The van der Waals surface area contributed by atoms with Gasteiger partial charge in [-0.05, 0) is 94.3 Å². The van der Waals surface area contributed by atoms with Crippen LogP contribution in [0.25, 0.3) is 11.1 Å². The van der Waals surface area contributed by atoms with Crippen molar-refractivity contribution in [2.75, 3.05) is 6.54 Å². The Balaban J connectivity index is 0.991. The van der Waals surface area contributed by atoms with Gasteiger partial charge >= 0.3 is 5.97 Å². The zero-order valence-electron chi connectivity index (χ0n) is 33.1. The van der Waals surface area contributed by atoms with E-state index < -0.39 is 35.5 Å². The highest BCUT2D eigenvalue weighted by atomic mass is 35.5. The predicted molar refractivity (Wildman–Crippen MR) is 228 cm³/mol. The molecule has 3 amide bonds. The van der Waals surface area contributed by atoms with Gasteiger partial charge < -0.3 is 30.1 Å². The van der Waals surface area contributed by atoms with Crippen molar-refractivity contribution in [3.8, 4) is 22.9 Å². The number of nitriles is 1. The molecule has 4 atom stereocenters. The number of nitrogens with zero attached hydrogens (tertiary/aromatic N) is 2. The first kappa shape index (κ1) is 40.6. The van der Waals surface area contributed by atoms with Crippen molar-refractivity contribution in [2.24, 2.45) is 5.41 Å². The number of rotatable bonds is 11. The molecule has 2 heterocycles. The van der Waals surface area contributed by atoms with Crippen LogP contribution in [0.1, 0.15) is 58.5 Å². The quantitative estimate of drug-likeness (QED) is 0.121. The summed E-state index contributed by atoms with van der Waals surface area (Å²) in [7, 11) is 0. The maximum absolute atomic E-state index is 14.3. The molecule has 61 heavy (non-hydrogen) atoms. The maximum atomic E-state index is 14.3. The zero-order chi connectivity index (χ0) is 42.7. The summed E-state index contributed by atoms with van der Waals surface area (Å²) in [5.41, 5.74) is 5.72. The van der Waals surface area contributed by atoms with Crippen LogP contribution in [-0.4, -0.2) is 52.3 Å². The van der Waals surface area contributed by atoms with Crippen LogP contribution in [0, 0.1) is 16.7 Å². The average molecular weight is 833 g/mol. The molecule has 2 aliphatic heterocycles. The second-order valence-electron chi connectivity index (χ2n) is 15.7. The number of fused-ring (bicyclic) bond motifs is 1. The van der Waals surface area contributed by atoms with Crippen molar-refractivity contribution >= 4 is 35.3 Å². The largest absolute Gasteiger partial charge is 0.489 e. The Kier molecular flexibility index (Phi) is 11.5. The summed E-state index contributed by atoms with van der Waals surface area (Å²) in [4.78, 5) is 56.2. The lowest BCUT2D eigenvalue weighted by Crippen LogP contribution is -2.59. The van der Waals surface area contributed by atoms with Crippen molar-refractivity contribution in [2.45, 2.75) is 51.0 Å². The number of nitrogens with one attached hydrogen (secondary N) is 2. The molecule has 11 nitrogen and oxygen atoms in total. The first-order valence-corrected chi connectivity index (χ1v) is 20.2. The minimum atomic E-state index is -1.28. The fraction of sp³-hybridized carbons (Fsp3) is 0.204. The summed E-state index contributed by atoms with van der Waals surface area (Å²) in [5.74, 6) is -1.42. The summed E-state index contributed by atoms with van der Waals surface area (Å²) in [6.07, 6.45) is 1.42. The third-order valence-electron chi connectivity index (χ3n) is 11.5. The van der Waals surface area contributed by atoms with Crippen LogP contribution in [0.3, 0.4) is 0 Å². The second kappa shape index (κ2) is 17.2. The van der Waals surface area contributed by atoms with E-state index in [1.807, 2.05) is 67.6 Å². The van der Waals surface area contributed by atoms with Gasteiger partial charge in [-0.15, -0.1) is 0 Å². The van der Waals surface area contributed by atoms with E-state index in [-0.39, 0.29) is 31.2 Å². The molecule has 12 heteroatoms. The highest BCUT2D eigenvalue weighted by molar-refractivity contribution is 6.30. The summed E-state index contributed by atoms with van der Waals surface area (Å²) in [6.45, 7) is 2.39. The number of hydrogen-bond donors (Lipinski definition) is 3. The first-order valence-electron chi connectivity index (χ1n) is 19.8. The van der Waals surface area contributed by atoms with Crippen molar-refractivity contribution < 1.29 is 33.8 Å². The van der Waals surface area contributed by atoms with E-state index in [2.05, 4.69) is 16.7 Å². The van der Waals surface area contributed by atoms with Gasteiger partial charge in [0.25, 0.3) is 11.8 Å². The first-order chi connectivity index (χ1) is 29.5. The van der Waals surface area contributed by atoms with Crippen molar-refractivity contribution in [1.82, 2.24) is 15.5 Å². The van der Waals surface area contributed by atoms with E-state index in [0.717, 1.165) is 22.3 Å². The second-order valence-corrected chi connectivity index (χ2v) is 16.2. The smallest absolute Gasteiger partial charge is 0.326 e. The number of carboxylic acids is 1. The molecule has 1 fully saturated rings. The summed E-state index contributed by atoms with van der Waals surface area (Å²) >= 11 is 6.11. The van der Waals surface area contributed by atoms with Gasteiger partial charge in [0.15, 0.2) is 0 Å². The Morgan fingerprint density at radius 1 is 0.951 bits per heavy atom. The van der Waals surface area contributed by atoms with Crippen molar-refractivity contribution in [1.29, 1.82) is 5.26 Å². The Morgan fingerprint density at radius 3 is 2.33 bits per heavy atom. The van der Waals surface area contributed by atoms with E-state index in [1.54, 1.807) is 72.8 Å². The average Bonchev–Trinajstić information content (AvgIpc) is 3.27. The van der Waals surface area contributed by atoms with Gasteiger partial charge in [0.2, 0.25) is 12.0 Å². The topological polar surface area (TPSA) is 158 Å². The molecule has 3 N–H and O–H groups in total. The number of hydrogen-bond acceptors (Lipinski definition) is 7. The van der Waals surface area contributed by atoms with Gasteiger partial charge in [0.1, 0.15) is 30.2 Å². The predicted octanol–water partition coefficient (Wildman–Crippen LogP) is 7.92. The third-order valence-corrected chi connectivity index (χ3v) is 11.7. The number of halogens is 1. The molecule has 0 bridgehead atoms. The standard InChI is InChI=1S/C49H41ClN4O7/c1-49-25-41-43(61-44(46(56)53-41)35-18-20-39(21-19-35)60-29-32-6-5-9-38(50)22-32)24-37(49)28-54(47(57)36-7-3-2-4-8-36)42(26-49)45(55)52-40(48(58)59)23-30-10-14-33(15-11-30)34-16-12-31(27-51)13-17-34/h2-22,24,40,42,44H,23,25-26,28-29H2,1H3,(H,52,55)(H,53,56)(H,58,59)/t40-,42-,44?,49?/m0/s1. The minimum absolute atomic E-state index is 0.00996. The molecule has 0 saturated carbocycles. The molecule has 306 valence electrons. The van der Waals surface area contributed by atoms with E-state index in [0.29, 0.717) is 57.5 Å². The fourth-order valence-corrected chi connectivity index (χ4v) is 8.32. The number of carbonyl (C=O) groups is 4. The number of aliphatic carboxylic acids is 1. The fourth-order valence-electron chi connectivity index (χ4n) is 8.11. The molecule has 5 aromatic rings. The van der Waals surface area contributed by atoms with E-state index >= 15 is 0 Å². The van der Waals surface area contributed by atoms with Gasteiger partial charge in [-0.25, -0.2) is 4.79 Å². The monoisotopic (exact) mass is 832 g/mol. The number of amides is 3. The lowest BCUT2D eigenvalue weighted by Gasteiger charge is -2.49. The lowest BCUT2D eigenvalue weighted by atomic mass is 9.67. The number of benzene rings is 5. The maximum Gasteiger partial charge on any atom is 0.326 e. The molecule has 2 unspecified atom stereocenters. The third kappa shape index (κ3) is 8.91. The number of allylic oxidation sites excluding steroid dienone is 2. The molecule has 1 aliphatic carbocycles. The van der Waals surface area contributed by atoms with Crippen LogP contribution in [-0.2, 0) is 32.1 Å². The lowest BCUT2D eigenvalue weighted by molar-refractivity contribution is -0.142.